The SMILES string of the molecule is C=C(/C=C(\C)C1=CCCC=C1)c1ccccc1. The minimum absolute atomic E-state index is 1.07. The highest BCUT2D eigenvalue weighted by atomic mass is 14.1. The Morgan fingerprint density at radius 2 is 1.94 bits per heavy atom. The Bertz CT molecular complexity index is 484. The summed E-state index contributed by atoms with van der Waals surface area (Å²) in [6, 6.07) is 10.3. The zero-order valence-corrected chi connectivity index (χ0v) is 10.3. The van der Waals surface area contributed by atoms with Crippen LogP contribution in [0.5, 0.6) is 0 Å². The number of rotatable bonds is 3. The van der Waals surface area contributed by atoms with E-state index in [-0.39, 0.29) is 0 Å². The van der Waals surface area contributed by atoms with E-state index in [2.05, 4.69) is 49.9 Å². The first-order valence-corrected chi connectivity index (χ1v) is 6.07. The highest BCUT2D eigenvalue weighted by molar-refractivity contribution is 5.73. The maximum absolute atomic E-state index is 4.13. The average molecular weight is 222 g/mol. The molecule has 0 bridgehead atoms. The second kappa shape index (κ2) is 5.49. The molecule has 17 heavy (non-hydrogen) atoms. The minimum Gasteiger partial charge on any atom is -0.0911 e. The molecule has 0 spiro atoms. The number of allylic oxidation sites excluding steroid dienone is 7. The van der Waals surface area contributed by atoms with E-state index in [9.17, 15) is 0 Å². The summed E-state index contributed by atoms with van der Waals surface area (Å²) in [4.78, 5) is 0. The van der Waals surface area contributed by atoms with Crippen LogP contribution in [0.25, 0.3) is 5.57 Å². The van der Waals surface area contributed by atoms with Crippen molar-refractivity contribution in [3.05, 3.63) is 77.9 Å². The molecule has 0 heterocycles. The van der Waals surface area contributed by atoms with E-state index < -0.39 is 0 Å². The van der Waals surface area contributed by atoms with Gasteiger partial charge >= 0.3 is 0 Å². The largest absolute Gasteiger partial charge is 0.0911 e. The van der Waals surface area contributed by atoms with Crippen LogP contribution >= 0.6 is 0 Å². The van der Waals surface area contributed by atoms with Gasteiger partial charge in [-0.25, -0.2) is 0 Å². The fourth-order valence-corrected chi connectivity index (χ4v) is 1.99. The first kappa shape index (κ1) is 11.7. The van der Waals surface area contributed by atoms with Gasteiger partial charge in [0.25, 0.3) is 0 Å². The topological polar surface area (TPSA) is 0 Å². The Balaban J connectivity index is 2.17. The lowest BCUT2D eigenvalue weighted by Crippen LogP contribution is -1.88. The van der Waals surface area contributed by atoms with Gasteiger partial charge in [-0.15, -0.1) is 0 Å². The van der Waals surface area contributed by atoms with Crippen LogP contribution in [0.3, 0.4) is 0 Å². The summed E-state index contributed by atoms with van der Waals surface area (Å²) >= 11 is 0. The van der Waals surface area contributed by atoms with Crippen molar-refractivity contribution < 1.29 is 0 Å². The van der Waals surface area contributed by atoms with Gasteiger partial charge in [0.2, 0.25) is 0 Å². The van der Waals surface area contributed by atoms with Crippen molar-refractivity contribution in [1.82, 2.24) is 0 Å². The maximum atomic E-state index is 4.13. The zero-order chi connectivity index (χ0) is 12.1. The Morgan fingerprint density at radius 3 is 2.59 bits per heavy atom. The number of hydrogen-bond donors (Lipinski definition) is 0. The van der Waals surface area contributed by atoms with E-state index >= 15 is 0 Å². The summed E-state index contributed by atoms with van der Waals surface area (Å²) in [5, 5.41) is 0. The van der Waals surface area contributed by atoms with Gasteiger partial charge in [-0.3, -0.25) is 0 Å². The van der Waals surface area contributed by atoms with E-state index in [4.69, 9.17) is 0 Å². The predicted molar refractivity (Wildman–Crippen MR) is 75.7 cm³/mol. The molecular formula is C17H18. The molecule has 0 aromatic heterocycles. The van der Waals surface area contributed by atoms with Crippen molar-refractivity contribution in [2.45, 2.75) is 19.8 Å². The second-order valence-corrected chi connectivity index (χ2v) is 4.36. The van der Waals surface area contributed by atoms with Crippen molar-refractivity contribution in [1.29, 1.82) is 0 Å². The fraction of sp³-hybridized carbons (Fsp3) is 0.176. The van der Waals surface area contributed by atoms with Crippen molar-refractivity contribution in [3.63, 3.8) is 0 Å². The third-order valence-electron chi connectivity index (χ3n) is 2.99. The minimum atomic E-state index is 1.07. The standard InChI is InChI=1S/C17H18/c1-14(16-9-5-3-6-10-16)13-15(2)17-11-7-4-8-12-17/h3,5-7,9-13H,1,4,8H2,2H3/b15-13+. The Morgan fingerprint density at radius 1 is 1.18 bits per heavy atom. The Kier molecular flexibility index (Phi) is 3.77. The summed E-state index contributed by atoms with van der Waals surface area (Å²) < 4.78 is 0. The van der Waals surface area contributed by atoms with Crippen molar-refractivity contribution in [2.75, 3.05) is 0 Å². The summed E-state index contributed by atoms with van der Waals surface area (Å²) in [5.74, 6) is 0. The molecule has 1 aromatic rings. The summed E-state index contributed by atoms with van der Waals surface area (Å²) in [6.45, 7) is 6.28. The van der Waals surface area contributed by atoms with Crippen LogP contribution in [0.4, 0.5) is 0 Å². The van der Waals surface area contributed by atoms with Crippen LogP contribution in [-0.2, 0) is 0 Å². The van der Waals surface area contributed by atoms with Gasteiger partial charge in [-0.1, -0.05) is 61.2 Å². The summed E-state index contributed by atoms with van der Waals surface area (Å²) in [7, 11) is 0. The summed E-state index contributed by atoms with van der Waals surface area (Å²) in [6.07, 6.45) is 11.2. The van der Waals surface area contributed by atoms with Gasteiger partial charge in [-0.05, 0) is 42.0 Å². The van der Waals surface area contributed by atoms with Gasteiger partial charge in [0, 0.05) is 0 Å². The van der Waals surface area contributed by atoms with Gasteiger partial charge in [0.05, 0.1) is 0 Å². The molecule has 0 unspecified atom stereocenters. The molecule has 0 saturated heterocycles. The normalized spacial score (nSPS) is 15.6. The molecule has 0 fully saturated rings. The molecule has 2 rings (SSSR count). The maximum Gasteiger partial charge on any atom is -0.0190 e. The third-order valence-corrected chi connectivity index (χ3v) is 2.99. The molecule has 1 aliphatic rings. The third kappa shape index (κ3) is 3.07. The molecule has 1 aliphatic carbocycles. The molecule has 0 nitrogen and oxygen atoms in total. The molecule has 0 heteroatoms. The molecule has 0 aliphatic heterocycles. The summed E-state index contributed by atoms with van der Waals surface area (Å²) in [5.41, 5.74) is 4.87. The molecular weight excluding hydrogens is 204 g/mol. The van der Waals surface area contributed by atoms with Gasteiger partial charge in [-0.2, -0.15) is 0 Å². The van der Waals surface area contributed by atoms with Crippen molar-refractivity contribution >= 4 is 5.57 Å². The van der Waals surface area contributed by atoms with Gasteiger partial charge in [0.15, 0.2) is 0 Å². The van der Waals surface area contributed by atoms with E-state index in [0.717, 1.165) is 18.4 Å². The predicted octanol–water partition coefficient (Wildman–Crippen LogP) is 4.92. The highest BCUT2D eigenvalue weighted by Gasteiger charge is 2.01. The first-order chi connectivity index (χ1) is 8.27. The lowest BCUT2D eigenvalue weighted by Gasteiger charge is -2.08. The Hall–Kier alpha value is -1.82. The van der Waals surface area contributed by atoms with E-state index in [1.807, 2.05) is 18.2 Å². The fourth-order valence-electron chi connectivity index (χ4n) is 1.99. The van der Waals surface area contributed by atoms with Crippen LogP contribution < -0.4 is 0 Å². The molecule has 0 amide bonds. The van der Waals surface area contributed by atoms with Crippen molar-refractivity contribution in [2.24, 2.45) is 0 Å². The smallest absolute Gasteiger partial charge is 0.0190 e. The molecule has 1 aromatic carbocycles. The molecule has 0 atom stereocenters. The monoisotopic (exact) mass is 222 g/mol. The van der Waals surface area contributed by atoms with Crippen LogP contribution in [0.2, 0.25) is 0 Å². The van der Waals surface area contributed by atoms with Crippen molar-refractivity contribution in [3.8, 4) is 0 Å². The molecule has 0 radical (unpaired) electrons. The lowest BCUT2D eigenvalue weighted by atomic mass is 9.97. The number of benzene rings is 1. The Labute approximate surface area is 104 Å². The highest BCUT2D eigenvalue weighted by Crippen LogP contribution is 2.22. The van der Waals surface area contributed by atoms with Gasteiger partial charge < -0.3 is 0 Å². The van der Waals surface area contributed by atoms with Crippen LogP contribution in [0.15, 0.2) is 72.4 Å². The van der Waals surface area contributed by atoms with E-state index in [1.54, 1.807) is 0 Å². The second-order valence-electron chi connectivity index (χ2n) is 4.36. The van der Waals surface area contributed by atoms with Crippen LogP contribution in [-0.4, -0.2) is 0 Å². The average Bonchev–Trinajstić information content (AvgIpc) is 2.40. The van der Waals surface area contributed by atoms with Crippen LogP contribution in [0.1, 0.15) is 25.3 Å². The molecule has 86 valence electrons. The van der Waals surface area contributed by atoms with Crippen LogP contribution in [0, 0.1) is 0 Å². The number of hydrogen-bond acceptors (Lipinski definition) is 0. The molecule has 0 N–H and O–H groups in total. The van der Waals surface area contributed by atoms with E-state index in [1.165, 1.54) is 16.7 Å². The quantitative estimate of drug-likeness (QED) is 0.637. The zero-order valence-electron chi connectivity index (χ0n) is 10.3. The molecule has 0 saturated carbocycles. The van der Waals surface area contributed by atoms with Gasteiger partial charge in [0.1, 0.15) is 0 Å². The van der Waals surface area contributed by atoms with E-state index in [0.29, 0.717) is 0 Å². The first-order valence-electron chi connectivity index (χ1n) is 6.07. The lowest BCUT2D eigenvalue weighted by molar-refractivity contribution is 1.02.